The van der Waals surface area contributed by atoms with Crippen molar-refractivity contribution in [1.29, 1.82) is 0 Å². The van der Waals surface area contributed by atoms with Crippen molar-refractivity contribution >= 4 is 17.3 Å². The van der Waals surface area contributed by atoms with Gasteiger partial charge in [-0.15, -0.1) is 0 Å². The van der Waals surface area contributed by atoms with Crippen LogP contribution in [-0.2, 0) is 16.0 Å². The maximum atomic E-state index is 12.4. The van der Waals surface area contributed by atoms with E-state index in [1.165, 1.54) is 19.2 Å². The van der Waals surface area contributed by atoms with Crippen molar-refractivity contribution in [2.75, 3.05) is 19.5 Å². The number of anilines is 1. The number of carbonyl (C=O) groups is 1. The third kappa shape index (κ3) is 4.47. The Morgan fingerprint density at radius 3 is 2.44 bits per heavy atom. The molecule has 2 aromatic carbocycles. The van der Waals surface area contributed by atoms with Crippen LogP contribution in [0.4, 0.5) is 11.4 Å². The molecule has 25 heavy (non-hydrogen) atoms. The van der Waals surface area contributed by atoms with Crippen LogP contribution in [0.2, 0.25) is 0 Å². The first kappa shape index (κ1) is 18.3. The Morgan fingerprint density at radius 2 is 1.92 bits per heavy atom. The average Bonchev–Trinajstić information content (AvgIpc) is 2.60. The molecule has 0 saturated carbocycles. The Hall–Kier alpha value is -3.09. The van der Waals surface area contributed by atoms with Crippen LogP contribution in [-0.4, -0.2) is 24.6 Å². The largest absolute Gasteiger partial charge is 0.495 e. The summed E-state index contributed by atoms with van der Waals surface area (Å²) in [6, 6.07) is 11.3. The molecule has 0 bridgehead atoms. The van der Waals surface area contributed by atoms with Gasteiger partial charge >= 0.3 is 5.97 Å². The monoisotopic (exact) mass is 344 g/mol. The molecular formula is C18H20N2O5. The van der Waals surface area contributed by atoms with Crippen LogP contribution in [0.5, 0.6) is 5.75 Å². The Labute approximate surface area is 145 Å². The van der Waals surface area contributed by atoms with Crippen molar-refractivity contribution in [3.8, 4) is 5.75 Å². The van der Waals surface area contributed by atoms with Gasteiger partial charge in [0.2, 0.25) is 0 Å². The molecule has 1 atom stereocenters. The van der Waals surface area contributed by atoms with E-state index in [1.54, 1.807) is 37.3 Å². The number of ether oxygens (including phenoxy) is 2. The highest BCUT2D eigenvalue weighted by atomic mass is 16.6. The van der Waals surface area contributed by atoms with Gasteiger partial charge in [0.1, 0.15) is 5.75 Å². The molecule has 132 valence electrons. The number of non-ortho nitro benzene ring substituents is 1. The summed E-state index contributed by atoms with van der Waals surface area (Å²) in [4.78, 5) is 22.7. The van der Waals surface area contributed by atoms with E-state index in [4.69, 9.17) is 15.2 Å². The van der Waals surface area contributed by atoms with Crippen molar-refractivity contribution in [3.63, 3.8) is 0 Å². The number of methoxy groups -OCH3 is 1. The molecule has 0 fully saturated rings. The molecule has 0 spiro atoms. The summed E-state index contributed by atoms with van der Waals surface area (Å²) in [6.45, 7) is 2.00. The lowest BCUT2D eigenvalue weighted by molar-refractivity contribution is -0.384. The van der Waals surface area contributed by atoms with Gasteiger partial charge in [-0.25, -0.2) is 0 Å². The number of nitrogen functional groups attached to an aromatic ring is 1. The second-order valence-electron chi connectivity index (χ2n) is 5.43. The van der Waals surface area contributed by atoms with Crippen LogP contribution in [0.3, 0.4) is 0 Å². The number of nitro benzene ring substituents is 1. The van der Waals surface area contributed by atoms with Gasteiger partial charge in [0.15, 0.2) is 0 Å². The number of nitro groups is 1. The summed E-state index contributed by atoms with van der Waals surface area (Å²) in [7, 11) is 1.52. The fraction of sp³-hybridized carbons (Fsp3) is 0.278. The summed E-state index contributed by atoms with van der Waals surface area (Å²) < 4.78 is 10.3. The summed E-state index contributed by atoms with van der Waals surface area (Å²) in [5.41, 5.74) is 7.87. The van der Waals surface area contributed by atoms with Crippen molar-refractivity contribution in [2.24, 2.45) is 0 Å². The van der Waals surface area contributed by atoms with Gasteiger partial charge in [0.05, 0.1) is 30.2 Å². The van der Waals surface area contributed by atoms with E-state index in [9.17, 15) is 14.9 Å². The molecule has 7 nitrogen and oxygen atoms in total. The van der Waals surface area contributed by atoms with Gasteiger partial charge in [-0.1, -0.05) is 18.2 Å². The minimum absolute atomic E-state index is 0.00475. The first-order valence-electron chi connectivity index (χ1n) is 7.79. The number of hydrogen-bond acceptors (Lipinski definition) is 6. The van der Waals surface area contributed by atoms with Crippen LogP contribution < -0.4 is 10.5 Å². The quantitative estimate of drug-likeness (QED) is 0.358. The molecule has 0 heterocycles. The number of rotatable bonds is 7. The normalized spacial score (nSPS) is 11.6. The second-order valence-corrected chi connectivity index (χ2v) is 5.43. The second kappa shape index (κ2) is 8.14. The highest BCUT2D eigenvalue weighted by Crippen LogP contribution is 2.29. The maximum Gasteiger partial charge on any atom is 0.313 e. The van der Waals surface area contributed by atoms with Crippen molar-refractivity contribution in [3.05, 3.63) is 63.7 Å². The van der Waals surface area contributed by atoms with Gasteiger partial charge in [-0.05, 0) is 36.6 Å². The summed E-state index contributed by atoms with van der Waals surface area (Å²) in [5.74, 6) is -0.401. The Balaban J connectivity index is 2.31. The molecule has 2 rings (SSSR count). The Morgan fingerprint density at radius 1 is 1.24 bits per heavy atom. The SMILES string of the molecule is CCOC(=O)C(Cc1ccc([N+](=O)[O-])cc1)c1ccc(OC)c(N)c1. The molecule has 0 aliphatic rings. The van der Waals surface area contributed by atoms with Crippen LogP contribution >= 0.6 is 0 Å². The number of benzene rings is 2. The number of carbonyl (C=O) groups excluding carboxylic acids is 1. The van der Waals surface area contributed by atoms with E-state index >= 15 is 0 Å². The average molecular weight is 344 g/mol. The van der Waals surface area contributed by atoms with E-state index in [1.807, 2.05) is 0 Å². The lowest BCUT2D eigenvalue weighted by Crippen LogP contribution is -2.18. The first-order chi connectivity index (χ1) is 12.0. The van der Waals surface area contributed by atoms with Gasteiger partial charge in [-0.2, -0.15) is 0 Å². The van der Waals surface area contributed by atoms with Crippen molar-refractivity contribution < 1.29 is 19.2 Å². The molecule has 2 N–H and O–H groups in total. The number of esters is 1. The summed E-state index contributed by atoms with van der Waals surface area (Å²) >= 11 is 0. The third-order valence-corrected chi connectivity index (χ3v) is 3.81. The van der Waals surface area contributed by atoms with Crippen LogP contribution in [0.25, 0.3) is 0 Å². The first-order valence-corrected chi connectivity index (χ1v) is 7.79. The molecule has 0 amide bonds. The van der Waals surface area contributed by atoms with Crippen molar-refractivity contribution in [1.82, 2.24) is 0 Å². The van der Waals surface area contributed by atoms with Gasteiger partial charge in [0.25, 0.3) is 5.69 Å². The fourth-order valence-electron chi connectivity index (χ4n) is 2.54. The zero-order valence-electron chi connectivity index (χ0n) is 14.1. The summed E-state index contributed by atoms with van der Waals surface area (Å²) in [6.07, 6.45) is 0.350. The zero-order valence-corrected chi connectivity index (χ0v) is 14.1. The van der Waals surface area contributed by atoms with E-state index in [0.29, 0.717) is 23.4 Å². The molecule has 0 saturated heterocycles. The molecule has 0 radical (unpaired) electrons. The van der Waals surface area contributed by atoms with Crippen molar-refractivity contribution in [2.45, 2.75) is 19.3 Å². The highest BCUT2D eigenvalue weighted by molar-refractivity contribution is 5.79. The topological polar surface area (TPSA) is 105 Å². The predicted molar refractivity (Wildman–Crippen MR) is 93.6 cm³/mol. The molecule has 0 aliphatic heterocycles. The summed E-state index contributed by atoms with van der Waals surface area (Å²) in [5, 5.41) is 10.8. The lowest BCUT2D eigenvalue weighted by atomic mass is 9.91. The van der Waals surface area contributed by atoms with Crippen LogP contribution in [0.1, 0.15) is 24.0 Å². The smallest absolute Gasteiger partial charge is 0.313 e. The number of nitrogens with two attached hydrogens (primary N) is 1. The molecule has 2 aromatic rings. The zero-order chi connectivity index (χ0) is 18.4. The van der Waals surface area contributed by atoms with E-state index in [-0.39, 0.29) is 18.3 Å². The fourth-order valence-corrected chi connectivity index (χ4v) is 2.54. The van der Waals surface area contributed by atoms with E-state index < -0.39 is 10.8 Å². The standard InChI is InChI=1S/C18H20N2O5/c1-3-25-18(21)15(13-6-9-17(24-2)16(19)11-13)10-12-4-7-14(8-5-12)20(22)23/h4-9,11,15H,3,10,19H2,1-2H3. The number of nitrogens with zero attached hydrogens (tertiary/aromatic N) is 1. The molecule has 0 aliphatic carbocycles. The molecular weight excluding hydrogens is 324 g/mol. The Kier molecular flexibility index (Phi) is 5.94. The minimum atomic E-state index is -0.561. The minimum Gasteiger partial charge on any atom is -0.495 e. The van der Waals surface area contributed by atoms with Gasteiger partial charge < -0.3 is 15.2 Å². The molecule has 1 unspecified atom stereocenters. The van der Waals surface area contributed by atoms with E-state index in [2.05, 4.69) is 0 Å². The van der Waals surface area contributed by atoms with Gasteiger partial charge in [-0.3, -0.25) is 14.9 Å². The molecule has 7 heteroatoms. The number of hydrogen-bond donors (Lipinski definition) is 1. The highest BCUT2D eigenvalue weighted by Gasteiger charge is 2.23. The Bertz CT molecular complexity index is 759. The van der Waals surface area contributed by atoms with Crippen LogP contribution in [0.15, 0.2) is 42.5 Å². The molecule has 0 aromatic heterocycles. The van der Waals surface area contributed by atoms with Crippen LogP contribution in [0, 0.1) is 10.1 Å². The predicted octanol–water partition coefficient (Wildman–Crippen LogP) is 3.08. The van der Waals surface area contributed by atoms with Gasteiger partial charge in [0, 0.05) is 12.1 Å². The maximum absolute atomic E-state index is 12.4. The van der Waals surface area contributed by atoms with E-state index in [0.717, 1.165) is 5.56 Å². The lowest BCUT2D eigenvalue weighted by Gasteiger charge is -2.17. The third-order valence-electron chi connectivity index (χ3n) is 3.81.